The molecule has 0 unspecified atom stereocenters. The van der Waals surface area contributed by atoms with Crippen molar-refractivity contribution >= 4 is 17.4 Å². The van der Waals surface area contributed by atoms with Crippen molar-refractivity contribution in [3.05, 3.63) is 47.3 Å². The predicted octanol–water partition coefficient (Wildman–Crippen LogP) is 2.72. The highest BCUT2D eigenvalue weighted by molar-refractivity contribution is 7.09. The van der Waals surface area contributed by atoms with E-state index in [0.29, 0.717) is 24.5 Å². The zero-order valence-electron chi connectivity index (χ0n) is 14.4. The first-order valence-corrected chi connectivity index (χ1v) is 9.18. The standard InChI is InChI=1S/C17H17FN6OS/c1-3-13-19-16(26-22-13)15-21-20-14-10(2)23(8-9-24(14)15)17(25)11-4-6-12(18)7-5-11/h4-7,10H,3,8-9H2,1-2H3/t10-/m1/s1. The van der Waals surface area contributed by atoms with Crippen LogP contribution in [0.15, 0.2) is 24.3 Å². The van der Waals surface area contributed by atoms with Crippen LogP contribution in [-0.2, 0) is 13.0 Å². The number of hydrogen-bond donors (Lipinski definition) is 0. The molecular weight excluding hydrogens is 355 g/mol. The Kier molecular flexibility index (Phi) is 4.23. The number of nitrogens with zero attached hydrogens (tertiary/aromatic N) is 6. The van der Waals surface area contributed by atoms with Gasteiger partial charge in [-0.15, -0.1) is 10.2 Å². The maximum atomic E-state index is 13.1. The molecule has 4 rings (SSSR count). The number of fused-ring (bicyclic) bond motifs is 1. The SMILES string of the molecule is CCc1nsc(-c2nnc3n2CCN(C(=O)c2ccc(F)cc2)[C@@H]3C)n1. The minimum absolute atomic E-state index is 0.141. The maximum Gasteiger partial charge on any atom is 0.254 e. The fraction of sp³-hybridized carbons (Fsp3) is 0.353. The van der Waals surface area contributed by atoms with Gasteiger partial charge in [0, 0.05) is 25.1 Å². The Hall–Kier alpha value is -2.68. The molecule has 26 heavy (non-hydrogen) atoms. The van der Waals surface area contributed by atoms with Gasteiger partial charge < -0.3 is 9.47 Å². The van der Waals surface area contributed by atoms with Gasteiger partial charge in [0.05, 0.1) is 6.04 Å². The lowest BCUT2D eigenvalue weighted by Gasteiger charge is -2.33. The number of carbonyl (C=O) groups is 1. The zero-order chi connectivity index (χ0) is 18.3. The quantitative estimate of drug-likeness (QED) is 0.706. The topological polar surface area (TPSA) is 76.8 Å². The van der Waals surface area contributed by atoms with Crippen molar-refractivity contribution in [1.82, 2.24) is 29.0 Å². The monoisotopic (exact) mass is 372 g/mol. The first kappa shape index (κ1) is 16.8. The van der Waals surface area contributed by atoms with Crippen LogP contribution in [0.3, 0.4) is 0 Å². The smallest absolute Gasteiger partial charge is 0.254 e. The number of rotatable bonds is 3. The Bertz CT molecular complexity index is 951. The van der Waals surface area contributed by atoms with E-state index in [1.54, 1.807) is 4.90 Å². The molecule has 0 radical (unpaired) electrons. The van der Waals surface area contributed by atoms with Gasteiger partial charge in [0.15, 0.2) is 16.7 Å². The third-order valence-corrected chi connectivity index (χ3v) is 5.26. The van der Waals surface area contributed by atoms with Crippen molar-refractivity contribution in [3.8, 4) is 10.8 Å². The number of carbonyl (C=O) groups excluding carboxylic acids is 1. The highest BCUT2D eigenvalue weighted by atomic mass is 32.1. The fourth-order valence-electron chi connectivity index (χ4n) is 3.07. The minimum Gasteiger partial charge on any atom is -0.327 e. The number of benzene rings is 1. The van der Waals surface area contributed by atoms with Crippen molar-refractivity contribution in [3.63, 3.8) is 0 Å². The van der Waals surface area contributed by atoms with E-state index in [9.17, 15) is 9.18 Å². The molecule has 0 spiro atoms. The van der Waals surface area contributed by atoms with Crippen LogP contribution in [-0.4, -0.2) is 41.5 Å². The number of hydrogen-bond acceptors (Lipinski definition) is 6. The normalized spacial score (nSPS) is 16.6. The summed E-state index contributed by atoms with van der Waals surface area (Å²) in [5.41, 5.74) is 0.461. The molecule has 1 amide bonds. The summed E-state index contributed by atoms with van der Waals surface area (Å²) in [4.78, 5) is 19.0. The first-order valence-electron chi connectivity index (χ1n) is 8.41. The fourth-order valence-corrected chi connectivity index (χ4v) is 3.81. The molecule has 3 heterocycles. The lowest BCUT2D eigenvalue weighted by atomic mass is 10.1. The Labute approximate surface area is 153 Å². The van der Waals surface area contributed by atoms with Crippen molar-refractivity contribution in [2.75, 3.05) is 6.54 Å². The molecule has 0 aliphatic carbocycles. The molecule has 0 saturated heterocycles. The third kappa shape index (κ3) is 2.78. The van der Waals surface area contributed by atoms with Crippen LogP contribution in [0.2, 0.25) is 0 Å². The number of amides is 1. The summed E-state index contributed by atoms with van der Waals surface area (Å²) < 4.78 is 19.4. The van der Waals surface area contributed by atoms with E-state index in [1.165, 1.54) is 35.8 Å². The van der Waals surface area contributed by atoms with Gasteiger partial charge in [0.1, 0.15) is 11.6 Å². The minimum atomic E-state index is -0.360. The molecule has 1 atom stereocenters. The second-order valence-corrected chi connectivity index (χ2v) is 6.84. The number of aryl methyl sites for hydroxylation is 1. The number of halogens is 1. The van der Waals surface area contributed by atoms with Gasteiger partial charge in [-0.2, -0.15) is 4.37 Å². The van der Waals surface area contributed by atoms with E-state index in [4.69, 9.17) is 0 Å². The van der Waals surface area contributed by atoms with E-state index in [0.717, 1.165) is 23.1 Å². The molecule has 1 aliphatic heterocycles. The van der Waals surface area contributed by atoms with Gasteiger partial charge in [-0.1, -0.05) is 6.92 Å². The van der Waals surface area contributed by atoms with E-state index in [2.05, 4.69) is 19.6 Å². The molecule has 7 nitrogen and oxygen atoms in total. The molecule has 1 aromatic carbocycles. The molecule has 0 N–H and O–H groups in total. The Morgan fingerprint density at radius 1 is 1.27 bits per heavy atom. The van der Waals surface area contributed by atoms with Crippen LogP contribution >= 0.6 is 11.5 Å². The second kappa shape index (κ2) is 6.56. The summed E-state index contributed by atoms with van der Waals surface area (Å²) in [6, 6.07) is 5.36. The molecule has 134 valence electrons. The molecular formula is C17H17FN6OS. The Morgan fingerprint density at radius 2 is 2.04 bits per heavy atom. The highest BCUT2D eigenvalue weighted by Crippen LogP contribution is 2.30. The van der Waals surface area contributed by atoms with Crippen LogP contribution in [0.5, 0.6) is 0 Å². The van der Waals surface area contributed by atoms with Crippen molar-refractivity contribution < 1.29 is 9.18 Å². The summed E-state index contributed by atoms with van der Waals surface area (Å²) >= 11 is 1.31. The molecule has 3 aromatic rings. The third-order valence-electron chi connectivity index (χ3n) is 4.51. The van der Waals surface area contributed by atoms with Crippen molar-refractivity contribution in [2.45, 2.75) is 32.9 Å². The second-order valence-electron chi connectivity index (χ2n) is 6.08. The summed E-state index contributed by atoms with van der Waals surface area (Å²) in [6.45, 7) is 5.03. The first-order chi connectivity index (χ1) is 12.6. The highest BCUT2D eigenvalue weighted by Gasteiger charge is 2.32. The average Bonchev–Trinajstić information content (AvgIpc) is 3.29. The van der Waals surface area contributed by atoms with Gasteiger partial charge in [0.25, 0.3) is 5.91 Å². The molecule has 0 saturated carbocycles. The van der Waals surface area contributed by atoms with E-state index in [1.807, 2.05) is 18.4 Å². The Balaban J connectivity index is 1.62. The van der Waals surface area contributed by atoms with Gasteiger partial charge in [-0.25, -0.2) is 9.37 Å². The average molecular weight is 372 g/mol. The van der Waals surface area contributed by atoms with Crippen LogP contribution in [0.25, 0.3) is 10.8 Å². The van der Waals surface area contributed by atoms with Gasteiger partial charge in [-0.05, 0) is 42.7 Å². The van der Waals surface area contributed by atoms with Crippen molar-refractivity contribution in [2.24, 2.45) is 0 Å². The van der Waals surface area contributed by atoms with Crippen LogP contribution < -0.4 is 0 Å². The van der Waals surface area contributed by atoms with E-state index >= 15 is 0 Å². The van der Waals surface area contributed by atoms with Crippen LogP contribution in [0.4, 0.5) is 4.39 Å². The predicted molar refractivity (Wildman–Crippen MR) is 94.2 cm³/mol. The van der Waals surface area contributed by atoms with Gasteiger partial charge >= 0.3 is 0 Å². The molecule has 9 heteroatoms. The van der Waals surface area contributed by atoms with Gasteiger partial charge in [-0.3, -0.25) is 4.79 Å². The summed E-state index contributed by atoms with van der Waals surface area (Å²) in [5, 5.41) is 9.31. The summed E-state index contributed by atoms with van der Waals surface area (Å²) in [7, 11) is 0. The lowest BCUT2D eigenvalue weighted by Crippen LogP contribution is -2.41. The molecule has 0 bridgehead atoms. The maximum absolute atomic E-state index is 13.1. The summed E-state index contributed by atoms with van der Waals surface area (Å²) in [5.74, 6) is 1.70. The van der Waals surface area contributed by atoms with Crippen molar-refractivity contribution in [1.29, 1.82) is 0 Å². The van der Waals surface area contributed by atoms with Crippen LogP contribution in [0.1, 0.15) is 41.9 Å². The zero-order valence-corrected chi connectivity index (χ0v) is 15.2. The summed E-state index contributed by atoms with van der Waals surface area (Å²) in [6.07, 6.45) is 0.772. The molecule has 2 aromatic heterocycles. The van der Waals surface area contributed by atoms with Gasteiger partial charge in [0.2, 0.25) is 0 Å². The Morgan fingerprint density at radius 3 is 2.73 bits per heavy atom. The van der Waals surface area contributed by atoms with Crippen LogP contribution in [0, 0.1) is 5.82 Å². The number of aromatic nitrogens is 5. The largest absolute Gasteiger partial charge is 0.327 e. The van der Waals surface area contributed by atoms with E-state index in [-0.39, 0.29) is 17.8 Å². The molecule has 0 fully saturated rings. The molecule has 1 aliphatic rings. The van der Waals surface area contributed by atoms with E-state index < -0.39 is 0 Å². The lowest BCUT2D eigenvalue weighted by molar-refractivity contribution is 0.0638.